The summed E-state index contributed by atoms with van der Waals surface area (Å²) in [6.07, 6.45) is 4.98. The first-order valence-electron chi connectivity index (χ1n) is 13.4. The normalized spacial score (nSPS) is 18.1. The lowest BCUT2D eigenvalue weighted by molar-refractivity contribution is -0.255. The first-order valence-corrected chi connectivity index (χ1v) is 14.4. The zero-order valence-corrected chi connectivity index (χ0v) is 22.6. The first kappa shape index (κ1) is 26.5. The van der Waals surface area contributed by atoms with Gasteiger partial charge in [0.1, 0.15) is 16.7 Å². The molecule has 9 nitrogen and oxygen atoms in total. The van der Waals surface area contributed by atoms with Crippen LogP contribution in [0.25, 0.3) is 11.0 Å². The molecular weight excluding hydrogens is 531 g/mol. The molecule has 2 fully saturated rings. The summed E-state index contributed by atoms with van der Waals surface area (Å²) in [5.41, 5.74) is 2.59. The maximum absolute atomic E-state index is 14.2. The van der Waals surface area contributed by atoms with Crippen molar-refractivity contribution in [3.63, 3.8) is 0 Å². The van der Waals surface area contributed by atoms with Crippen LogP contribution in [0.15, 0.2) is 53.7 Å². The molecule has 0 unspecified atom stereocenters. The minimum Gasteiger partial charge on any atom is -0.545 e. The van der Waals surface area contributed by atoms with E-state index in [9.17, 15) is 14.3 Å². The van der Waals surface area contributed by atoms with E-state index in [-0.39, 0.29) is 23.5 Å². The second-order valence-electron chi connectivity index (χ2n) is 10.3. The van der Waals surface area contributed by atoms with Crippen molar-refractivity contribution in [2.75, 3.05) is 19.7 Å². The Labute approximate surface area is 235 Å². The van der Waals surface area contributed by atoms with Crippen molar-refractivity contribution in [1.82, 2.24) is 24.2 Å². The number of hydrogen-bond acceptors (Lipinski definition) is 8. The number of likely N-dealkylation sites (tertiary alicyclic amines) is 1. The second kappa shape index (κ2) is 11.4. The van der Waals surface area contributed by atoms with Gasteiger partial charge in [0, 0.05) is 31.6 Å². The minimum absolute atomic E-state index is 0.119. The van der Waals surface area contributed by atoms with Crippen molar-refractivity contribution in [2.24, 2.45) is 0 Å². The number of nitrogens with zero attached hydrogens (tertiary/aromatic N) is 6. The number of imidazole rings is 1. The van der Waals surface area contributed by atoms with Crippen molar-refractivity contribution in [1.29, 1.82) is 5.26 Å². The molecule has 206 valence electrons. The quantitative estimate of drug-likeness (QED) is 0.287. The number of hydrogen-bond donors (Lipinski definition) is 0. The van der Waals surface area contributed by atoms with E-state index >= 15 is 0 Å². The summed E-state index contributed by atoms with van der Waals surface area (Å²) in [5.74, 6) is -0.205. The predicted molar refractivity (Wildman–Crippen MR) is 145 cm³/mol. The molecule has 0 amide bonds. The Morgan fingerprint density at radius 1 is 1.18 bits per heavy atom. The highest BCUT2D eigenvalue weighted by Crippen LogP contribution is 2.28. The fourth-order valence-corrected chi connectivity index (χ4v) is 6.13. The van der Waals surface area contributed by atoms with Crippen LogP contribution in [0, 0.1) is 17.1 Å². The molecule has 0 radical (unpaired) electrons. The number of ether oxygens (including phenoxy) is 1. The summed E-state index contributed by atoms with van der Waals surface area (Å²) in [6.45, 7) is 3.85. The van der Waals surface area contributed by atoms with Crippen molar-refractivity contribution in [3.8, 4) is 6.07 Å². The number of carbonyl (C=O) groups excluding carboxylic acids is 1. The number of piperidine rings is 1. The molecule has 2 aliphatic heterocycles. The number of carbonyl (C=O) groups is 1. The third-order valence-corrected chi connectivity index (χ3v) is 8.65. The van der Waals surface area contributed by atoms with Gasteiger partial charge in [-0.3, -0.25) is 9.58 Å². The van der Waals surface area contributed by atoms with Crippen molar-refractivity contribution < 1.29 is 19.0 Å². The lowest BCUT2D eigenvalue weighted by atomic mass is 10.1. The van der Waals surface area contributed by atoms with Crippen LogP contribution >= 0.6 is 11.8 Å². The third kappa shape index (κ3) is 5.61. The molecule has 11 heteroatoms. The predicted octanol–water partition coefficient (Wildman–Crippen LogP) is 3.53. The zero-order chi connectivity index (χ0) is 27.6. The molecule has 0 N–H and O–H groups in total. The number of carboxylic acid groups (broad SMARTS) is 1. The molecule has 0 spiro atoms. The smallest absolute Gasteiger partial charge is 0.128 e. The highest BCUT2D eigenvalue weighted by Gasteiger charge is 2.26. The zero-order valence-electron chi connectivity index (χ0n) is 21.8. The Bertz CT molecular complexity index is 1580. The Morgan fingerprint density at radius 3 is 2.70 bits per heavy atom. The van der Waals surface area contributed by atoms with E-state index < -0.39 is 5.97 Å². The number of aromatic carboxylic acids is 1. The van der Waals surface area contributed by atoms with Crippen molar-refractivity contribution >= 4 is 28.8 Å². The molecule has 6 rings (SSSR count). The highest BCUT2D eigenvalue weighted by molar-refractivity contribution is 7.98. The molecule has 0 aliphatic carbocycles. The summed E-state index contributed by atoms with van der Waals surface area (Å²) >= 11 is 1.48. The summed E-state index contributed by atoms with van der Waals surface area (Å²) in [7, 11) is 0. The number of thioether (sulfide) groups is 1. The van der Waals surface area contributed by atoms with Gasteiger partial charge in [0.2, 0.25) is 0 Å². The molecule has 2 aromatic heterocycles. The molecule has 40 heavy (non-hydrogen) atoms. The molecule has 2 aliphatic rings. The standard InChI is InChI=1S/C29H29FN6O3S/c30-24-13-19(15-31)1-2-21(24)18-40-28-7-11-36(33-28)22-5-9-34(10-6-22)17-27-32-25-4-3-20(29(37)38)14-26(25)35(27)16-23-8-12-39-23/h1-4,7,11,13-14,22-23H,5-6,8-10,12,16-18H2,(H,37,38)/p-1/t23-/m0/s1. The number of halogens is 1. The summed E-state index contributed by atoms with van der Waals surface area (Å²) in [5, 5.41) is 26.0. The maximum atomic E-state index is 14.2. The van der Waals surface area contributed by atoms with Crippen molar-refractivity contribution in [2.45, 2.75) is 55.3 Å². The summed E-state index contributed by atoms with van der Waals surface area (Å²) in [6, 6.07) is 13.7. The van der Waals surface area contributed by atoms with Crippen molar-refractivity contribution in [3.05, 3.63) is 77.0 Å². The lowest BCUT2D eigenvalue weighted by Gasteiger charge is -2.32. The summed E-state index contributed by atoms with van der Waals surface area (Å²) < 4.78 is 24.0. The van der Waals surface area contributed by atoms with Crippen LogP contribution in [-0.2, 0) is 23.6 Å². The molecule has 4 aromatic rings. The maximum Gasteiger partial charge on any atom is 0.128 e. The average molecular weight is 560 g/mol. The van der Waals surface area contributed by atoms with E-state index in [1.54, 1.807) is 30.3 Å². The SMILES string of the molecule is N#Cc1ccc(CSc2ccn(C3CCN(Cc4nc5ccc(C(=O)[O-])cc5n4C[C@@H]4CCO4)CC3)n2)c(F)c1. The van der Waals surface area contributed by atoms with Gasteiger partial charge in [-0.1, -0.05) is 23.9 Å². The number of benzene rings is 2. The number of carboxylic acids is 1. The molecule has 1 atom stereocenters. The van der Waals surface area contributed by atoms with E-state index in [4.69, 9.17) is 20.1 Å². The average Bonchev–Trinajstić information content (AvgIpc) is 3.54. The van der Waals surface area contributed by atoms with Gasteiger partial charge in [-0.05, 0) is 60.7 Å². The van der Waals surface area contributed by atoms with Gasteiger partial charge in [-0.15, -0.1) is 0 Å². The van der Waals surface area contributed by atoms with E-state index in [0.717, 1.165) is 60.8 Å². The first-order chi connectivity index (χ1) is 19.5. The topological polar surface area (TPSA) is 112 Å². The van der Waals surface area contributed by atoms with Gasteiger partial charge in [-0.2, -0.15) is 10.4 Å². The monoisotopic (exact) mass is 559 g/mol. The molecule has 0 bridgehead atoms. The molecule has 2 aromatic carbocycles. The molecular formula is C29H28FN6O3S-. The Balaban J connectivity index is 1.08. The van der Waals surface area contributed by atoms with Gasteiger partial charge in [0.15, 0.2) is 0 Å². The van der Waals surface area contributed by atoms with E-state index in [2.05, 4.69) is 9.47 Å². The Morgan fingerprint density at radius 2 is 2.00 bits per heavy atom. The van der Waals surface area contributed by atoms with E-state index in [1.807, 2.05) is 23.0 Å². The van der Waals surface area contributed by atoms with Gasteiger partial charge >= 0.3 is 0 Å². The fourth-order valence-electron chi connectivity index (χ4n) is 5.28. The van der Waals surface area contributed by atoms with E-state index in [0.29, 0.717) is 30.0 Å². The minimum atomic E-state index is -1.19. The third-order valence-electron chi connectivity index (χ3n) is 7.68. The number of aromatic nitrogens is 4. The second-order valence-corrected chi connectivity index (χ2v) is 11.3. The molecule has 4 heterocycles. The molecule has 2 saturated heterocycles. The Kier molecular flexibility index (Phi) is 7.56. The summed E-state index contributed by atoms with van der Waals surface area (Å²) in [4.78, 5) is 18.7. The van der Waals surface area contributed by atoms with E-state index in [1.165, 1.54) is 17.8 Å². The highest BCUT2D eigenvalue weighted by atomic mass is 32.2. The van der Waals surface area contributed by atoms with Gasteiger partial charge in [0.25, 0.3) is 0 Å². The van der Waals surface area contributed by atoms with Crippen LogP contribution in [0.4, 0.5) is 4.39 Å². The number of nitriles is 1. The lowest BCUT2D eigenvalue weighted by Crippen LogP contribution is -2.36. The number of rotatable bonds is 9. The van der Waals surface area contributed by atoms with Gasteiger partial charge < -0.3 is 19.2 Å². The molecule has 0 saturated carbocycles. The Hall–Kier alpha value is -3.72. The van der Waals surface area contributed by atoms with Crippen LogP contribution in [0.5, 0.6) is 0 Å². The van der Waals surface area contributed by atoms with Crippen LogP contribution in [0.2, 0.25) is 0 Å². The van der Waals surface area contributed by atoms with Gasteiger partial charge in [-0.25, -0.2) is 9.37 Å². The fraction of sp³-hybridized carbons (Fsp3) is 0.379. The van der Waals surface area contributed by atoms with Crippen LogP contribution in [-0.4, -0.2) is 56.0 Å². The van der Waals surface area contributed by atoms with Crippen LogP contribution < -0.4 is 5.11 Å². The number of fused-ring (bicyclic) bond motifs is 1. The van der Waals surface area contributed by atoms with Crippen LogP contribution in [0.3, 0.4) is 0 Å². The van der Waals surface area contributed by atoms with Gasteiger partial charge in [0.05, 0.1) is 53.9 Å². The largest absolute Gasteiger partial charge is 0.545 e. The van der Waals surface area contributed by atoms with Crippen LogP contribution in [0.1, 0.15) is 52.6 Å².